The molecule has 22 heavy (non-hydrogen) atoms. The van der Waals surface area contributed by atoms with Gasteiger partial charge in [-0.05, 0) is 41.5 Å². The molecule has 0 aliphatic heterocycles. The van der Waals surface area contributed by atoms with Gasteiger partial charge in [0.1, 0.15) is 11.2 Å². The summed E-state index contributed by atoms with van der Waals surface area (Å²) < 4.78 is 10.4. The number of nitrogens with one attached hydrogen (secondary N) is 2. The zero-order valence-corrected chi connectivity index (χ0v) is 14.9. The van der Waals surface area contributed by atoms with Gasteiger partial charge in [-0.15, -0.1) is 0 Å². The van der Waals surface area contributed by atoms with E-state index in [1.807, 2.05) is 41.5 Å². The molecule has 0 rings (SSSR count). The molecule has 7 nitrogen and oxygen atoms in total. The molecular formula is C15H31N3O4. The normalized spacial score (nSPS) is 11.8. The number of hydrogen-bond donors (Lipinski definition) is 2. The van der Waals surface area contributed by atoms with E-state index in [0.29, 0.717) is 26.2 Å². The van der Waals surface area contributed by atoms with Crippen molar-refractivity contribution in [1.82, 2.24) is 15.5 Å². The number of carbonyl (C=O) groups excluding carboxylic acids is 2. The van der Waals surface area contributed by atoms with Crippen molar-refractivity contribution in [1.29, 1.82) is 0 Å². The predicted molar refractivity (Wildman–Crippen MR) is 86.0 cm³/mol. The fourth-order valence-electron chi connectivity index (χ4n) is 1.37. The molecule has 0 aromatic carbocycles. The van der Waals surface area contributed by atoms with Gasteiger partial charge in [0.05, 0.1) is 0 Å². The number of hydrogen-bond acceptors (Lipinski definition) is 5. The van der Waals surface area contributed by atoms with Crippen molar-refractivity contribution >= 4 is 12.2 Å². The number of rotatable bonds is 6. The van der Waals surface area contributed by atoms with E-state index in [-0.39, 0.29) is 6.09 Å². The first-order valence-corrected chi connectivity index (χ1v) is 7.52. The lowest BCUT2D eigenvalue weighted by molar-refractivity contribution is 0.0300. The first-order chi connectivity index (χ1) is 9.91. The number of ether oxygens (including phenoxy) is 2. The van der Waals surface area contributed by atoms with Crippen molar-refractivity contribution in [3.8, 4) is 0 Å². The summed E-state index contributed by atoms with van der Waals surface area (Å²) in [5.74, 6) is 0. The Morgan fingerprint density at radius 3 is 1.95 bits per heavy atom. The summed E-state index contributed by atoms with van der Waals surface area (Å²) in [6.07, 6.45) is -0.777. The van der Waals surface area contributed by atoms with Crippen LogP contribution in [0.3, 0.4) is 0 Å². The Morgan fingerprint density at radius 2 is 1.45 bits per heavy atom. The van der Waals surface area contributed by atoms with Gasteiger partial charge < -0.3 is 25.0 Å². The largest absolute Gasteiger partial charge is 0.444 e. The standard InChI is InChI=1S/C15H31N3O4/c1-14(2,3)21-12(19)17-9-8-16-10-11-18(7)13(20)22-15(4,5)6/h16H,8-11H2,1-7H3,(H,17,19). The third kappa shape index (κ3) is 12.3. The zero-order chi connectivity index (χ0) is 17.4. The lowest BCUT2D eigenvalue weighted by atomic mass is 10.2. The molecule has 0 aliphatic rings. The molecule has 0 atom stereocenters. The Hall–Kier alpha value is -1.50. The van der Waals surface area contributed by atoms with Crippen LogP contribution in [0.2, 0.25) is 0 Å². The van der Waals surface area contributed by atoms with E-state index in [1.54, 1.807) is 7.05 Å². The number of carbonyl (C=O) groups is 2. The van der Waals surface area contributed by atoms with Crippen LogP contribution in [0.25, 0.3) is 0 Å². The lowest BCUT2D eigenvalue weighted by Crippen LogP contribution is -2.40. The van der Waals surface area contributed by atoms with Gasteiger partial charge in [0.15, 0.2) is 0 Å². The van der Waals surface area contributed by atoms with E-state index in [0.717, 1.165) is 0 Å². The van der Waals surface area contributed by atoms with E-state index >= 15 is 0 Å². The van der Waals surface area contributed by atoms with Gasteiger partial charge in [-0.3, -0.25) is 0 Å². The van der Waals surface area contributed by atoms with Crippen molar-refractivity contribution < 1.29 is 19.1 Å². The molecule has 0 aromatic heterocycles. The highest BCUT2D eigenvalue weighted by Gasteiger charge is 2.19. The van der Waals surface area contributed by atoms with Crippen LogP contribution in [-0.4, -0.2) is 61.5 Å². The molecule has 0 aliphatic carbocycles. The Bertz CT molecular complexity index is 359. The second kappa shape index (κ2) is 8.82. The van der Waals surface area contributed by atoms with Crippen molar-refractivity contribution in [2.24, 2.45) is 0 Å². The smallest absolute Gasteiger partial charge is 0.410 e. The quantitative estimate of drug-likeness (QED) is 0.732. The number of alkyl carbamates (subject to hydrolysis) is 1. The van der Waals surface area contributed by atoms with Crippen LogP contribution in [0.1, 0.15) is 41.5 Å². The molecule has 0 heterocycles. The number of nitrogens with zero attached hydrogens (tertiary/aromatic N) is 1. The molecule has 0 saturated carbocycles. The molecule has 7 heteroatoms. The van der Waals surface area contributed by atoms with Crippen LogP contribution in [0.5, 0.6) is 0 Å². The highest BCUT2D eigenvalue weighted by molar-refractivity contribution is 5.68. The Kier molecular flexibility index (Phi) is 8.22. The summed E-state index contributed by atoms with van der Waals surface area (Å²) in [4.78, 5) is 24.6. The monoisotopic (exact) mass is 317 g/mol. The van der Waals surface area contributed by atoms with Gasteiger partial charge in [-0.2, -0.15) is 0 Å². The van der Waals surface area contributed by atoms with Crippen LogP contribution in [0, 0.1) is 0 Å². The summed E-state index contributed by atoms with van der Waals surface area (Å²) in [5.41, 5.74) is -0.982. The molecule has 0 unspecified atom stereocenters. The van der Waals surface area contributed by atoms with E-state index in [2.05, 4.69) is 10.6 Å². The van der Waals surface area contributed by atoms with Crippen molar-refractivity contribution in [3.63, 3.8) is 0 Å². The molecule has 0 bridgehead atoms. The third-order valence-corrected chi connectivity index (χ3v) is 2.30. The van der Waals surface area contributed by atoms with Crippen molar-refractivity contribution in [2.45, 2.75) is 52.7 Å². The second-order valence-electron chi connectivity index (χ2n) is 7.08. The fraction of sp³-hybridized carbons (Fsp3) is 0.867. The molecule has 2 N–H and O–H groups in total. The topological polar surface area (TPSA) is 79.9 Å². The van der Waals surface area contributed by atoms with Crippen LogP contribution in [0.15, 0.2) is 0 Å². The maximum absolute atomic E-state index is 11.7. The summed E-state index contributed by atoms with van der Waals surface area (Å²) in [7, 11) is 1.69. The Balaban J connectivity index is 3.69. The van der Waals surface area contributed by atoms with E-state index in [4.69, 9.17) is 9.47 Å². The molecular weight excluding hydrogens is 286 g/mol. The average molecular weight is 317 g/mol. The summed E-state index contributed by atoms with van der Waals surface area (Å²) in [5, 5.41) is 5.78. The second-order valence-corrected chi connectivity index (χ2v) is 7.08. The molecule has 2 amide bonds. The predicted octanol–water partition coefficient (Wildman–Crippen LogP) is 1.97. The summed E-state index contributed by atoms with van der Waals surface area (Å²) >= 11 is 0. The highest BCUT2D eigenvalue weighted by atomic mass is 16.6. The minimum Gasteiger partial charge on any atom is -0.444 e. The van der Waals surface area contributed by atoms with Crippen LogP contribution in [-0.2, 0) is 9.47 Å². The van der Waals surface area contributed by atoms with Gasteiger partial charge >= 0.3 is 12.2 Å². The van der Waals surface area contributed by atoms with Gasteiger partial charge in [0.25, 0.3) is 0 Å². The van der Waals surface area contributed by atoms with Crippen LogP contribution >= 0.6 is 0 Å². The minimum absolute atomic E-state index is 0.346. The van der Waals surface area contributed by atoms with Gasteiger partial charge in [-0.1, -0.05) is 0 Å². The first kappa shape index (κ1) is 20.5. The average Bonchev–Trinajstić information content (AvgIpc) is 2.28. The van der Waals surface area contributed by atoms with E-state index in [9.17, 15) is 9.59 Å². The third-order valence-electron chi connectivity index (χ3n) is 2.30. The maximum atomic E-state index is 11.7. The summed E-state index contributed by atoms with van der Waals surface area (Å²) in [6, 6.07) is 0. The Morgan fingerprint density at radius 1 is 0.909 bits per heavy atom. The van der Waals surface area contributed by atoms with E-state index < -0.39 is 17.3 Å². The number of amides is 2. The molecule has 0 saturated heterocycles. The minimum atomic E-state index is -0.492. The summed E-state index contributed by atoms with van der Waals surface area (Å²) in [6.45, 7) is 13.2. The van der Waals surface area contributed by atoms with E-state index in [1.165, 1.54) is 4.90 Å². The molecule has 0 radical (unpaired) electrons. The van der Waals surface area contributed by atoms with Gasteiger partial charge in [0.2, 0.25) is 0 Å². The zero-order valence-electron chi connectivity index (χ0n) is 14.9. The van der Waals surface area contributed by atoms with Gasteiger partial charge in [0, 0.05) is 33.2 Å². The number of likely N-dealkylation sites (N-methyl/N-ethyl adjacent to an activating group) is 1. The lowest BCUT2D eigenvalue weighted by Gasteiger charge is -2.24. The molecule has 130 valence electrons. The molecule has 0 aromatic rings. The highest BCUT2D eigenvalue weighted by Crippen LogP contribution is 2.08. The maximum Gasteiger partial charge on any atom is 0.410 e. The van der Waals surface area contributed by atoms with Crippen molar-refractivity contribution in [3.05, 3.63) is 0 Å². The fourth-order valence-corrected chi connectivity index (χ4v) is 1.37. The first-order valence-electron chi connectivity index (χ1n) is 7.52. The SMILES string of the molecule is CN(CCNCCNC(=O)OC(C)(C)C)C(=O)OC(C)(C)C. The van der Waals surface area contributed by atoms with Crippen LogP contribution < -0.4 is 10.6 Å². The van der Waals surface area contributed by atoms with Crippen LogP contribution in [0.4, 0.5) is 9.59 Å². The van der Waals surface area contributed by atoms with Crippen molar-refractivity contribution in [2.75, 3.05) is 33.2 Å². The molecule has 0 spiro atoms. The molecule has 0 fully saturated rings. The Labute approximate surface area is 133 Å². The van der Waals surface area contributed by atoms with Gasteiger partial charge in [-0.25, -0.2) is 9.59 Å².